The number of ether oxygens (including phenoxy) is 1. The van der Waals surface area contributed by atoms with Crippen molar-refractivity contribution in [3.63, 3.8) is 0 Å². The first-order valence-corrected chi connectivity index (χ1v) is 5.44. The van der Waals surface area contributed by atoms with Gasteiger partial charge in [-0.05, 0) is 28.1 Å². The van der Waals surface area contributed by atoms with Gasteiger partial charge in [-0.2, -0.15) is 5.10 Å². The molecule has 1 heterocycles. The highest BCUT2D eigenvalue weighted by Gasteiger charge is 2.17. The van der Waals surface area contributed by atoms with Crippen molar-refractivity contribution in [1.29, 1.82) is 0 Å². The van der Waals surface area contributed by atoms with Crippen LogP contribution in [0.5, 0.6) is 5.75 Å². The molecule has 0 aliphatic carbocycles. The summed E-state index contributed by atoms with van der Waals surface area (Å²) in [6.45, 7) is 0. The third-order valence-electron chi connectivity index (χ3n) is 2.18. The maximum Gasteiger partial charge on any atom is 0.298 e. The molecule has 0 atom stereocenters. The largest absolute Gasteiger partial charge is 0.496 e. The maximum atomic E-state index is 11.0. The Morgan fingerprint density at radius 2 is 2.29 bits per heavy atom. The molecule has 17 heavy (non-hydrogen) atoms. The highest BCUT2D eigenvalue weighted by molar-refractivity contribution is 9.10. The van der Waals surface area contributed by atoms with Gasteiger partial charge in [-0.15, -0.1) is 0 Å². The lowest BCUT2D eigenvalue weighted by Crippen LogP contribution is -2.00. The van der Waals surface area contributed by atoms with Gasteiger partial charge in [-0.3, -0.25) is 10.1 Å². The van der Waals surface area contributed by atoms with E-state index >= 15 is 0 Å². The summed E-state index contributed by atoms with van der Waals surface area (Å²) in [4.78, 5) is 10.5. The minimum absolute atomic E-state index is 0.0556. The SMILES string of the molecule is COc1ccc(-n2cc(Br)cn2)c([N+](=O)[O-])c1. The van der Waals surface area contributed by atoms with Crippen LogP contribution in [0.4, 0.5) is 5.69 Å². The van der Waals surface area contributed by atoms with E-state index in [0.717, 1.165) is 4.47 Å². The fourth-order valence-corrected chi connectivity index (χ4v) is 1.69. The first kappa shape index (κ1) is 11.6. The summed E-state index contributed by atoms with van der Waals surface area (Å²) in [7, 11) is 1.46. The maximum absolute atomic E-state index is 11.0. The summed E-state index contributed by atoms with van der Waals surface area (Å²) in [6, 6.07) is 4.61. The van der Waals surface area contributed by atoms with E-state index in [9.17, 15) is 10.1 Å². The number of methoxy groups -OCH3 is 1. The van der Waals surface area contributed by atoms with Gasteiger partial charge < -0.3 is 4.74 Å². The van der Waals surface area contributed by atoms with Gasteiger partial charge in [-0.1, -0.05) is 0 Å². The van der Waals surface area contributed by atoms with Gasteiger partial charge in [0, 0.05) is 6.20 Å². The summed E-state index contributed by atoms with van der Waals surface area (Å²) in [5.74, 6) is 0.437. The van der Waals surface area contributed by atoms with E-state index in [1.54, 1.807) is 24.5 Å². The highest BCUT2D eigenvalue weighted by Crippen LogP contribution is 2.27. The Hall–Kier alpha value is -1.89. The van der Waals surface area contributed by atoms with Crippen LogP contribution in [0, 0.1) is 10.1 Å². The van der Waals surface area contributed by atoms with E-state index in [0.29, 0.717) is 11.4 Å². The first-order chi connectivity index (χ1) is 8.11. The smallest absolute Gasteiger partial charge is 0.298 e. The van der Waals surface area contributed by atoms with Crippen LogP contribution < -0.4 is 4.74 Å². The van der Waals surface area contributed by atoms with Crippen LogP contribution in [0.3, 0.4) is 0 Å². The first-order valence-electron chi connectivity index (χ1n) is 4.65. The van der Waals surface area contributed by atoms with Gasteiger partial charge in [0.2, 0.25) is 0 Å². The van der Waals surface area contributed by atoms with E-state index in [-0.39, 0.29) is 5.69 Å². The van der Waals surface area contributed by atoms with Crippen LogP contribution in [0.1, 0.15) is 0 Å². The lowest BCUT2D eigenvalue weighted by atomic mass is 10.2. The standard InChI is InChI=1S/C10H8BrN3O3/c1-17-8-2-3-9(10(4-8)14(15)16)13-6-7(11)5-12-13/h2-6H,1H3. The minimum atomic E-state index is -0.465. The average Bonchev–Trinajstić information content (AvgIpc) is 2.75. The molecule has 7 heteroatoms. The van der Waals surface area contributed by atoms with E-state index in [1.807, 2.05) is 0 Å². The molecule has 0 aliphatic rings. The second-order valence-electron chi connectivity index (χ2n) is 3.21. The molecule has 1 aromatic carbocycles. The van der Waals surface area contributed by atoms with Crippen molar-refractivity contribution in [2.75, 3.05) is 7.11 Å². The van der Waals surface area contributed by atoms with Gasteiger partial charge in [0.1, 0.15) is 11.4 Å². The van der Waals surface area contributed by atoms with Gasteiger partial charge in [0.05, 0.1) is 28.8 Å². The summed E-state index contributed by atoms with van der Waals surface area (Å²) in [5.41, 5.74) is 0.335. The molecule has 6 nitrogen and oxygen atoms in total. The zero-order chi connectivity index (χ0) is 12.4. The third-order valence-corrected chi connectivity index (χ3v) is 2.59. The number of nitrogens with zero attached hydrogens (tertiary/aromatic N) is 3. The van der Waals surface area contributed by atoms with Crippen LogP contribution in [0.15, 0.2) is 35.1 Å². The number of nitro groups is 1. The minimum Gasteiger partial charge on any atom is -0.496 e. The Morgan fingerprint density at radius 1 is 1.53 bits per heavy atom. The zero-order valence-corrected chi connectivity index (χ0v) is 10.4. The zero-order valence-electron chi connectivity index (χ0n) is 8.83. The molecule has 0 saturated heterocycles. The fourth-order valence-electron chi connectivity index (χ4n) is 1.40. The Bertz CT molecular complexity index is 568. The van der Waals surface area contributed by atoms with Crippen LogP contribution in [-0.4, -0.2) is 21.8 Å². The van der Waals surface area contributed by atoms with Crippen molar-refractivity contribution in [2.24, 2.45) is 0 Å². The molecule has 0 saturated carbocycles. The number of nitro benzene ring substituents is 1. The monoisotopic (exact) mass is 297 g/mol. The molecule has 0 aliphatic heterocycles. The van der Waals surface area contributed by atoms with E-state index in [4.69, 9.17) is 4.74 Å². The number of halogens is 1. The second kappa shape index (κ2) is 4.54. The number of hydrogen-bond donors (Lipinski definition) is 0. The fraction of sp³-hybridized carbons (Fsp3) is 0.100. The molecule has 0 unspecified atom stereocenters. The number of rotatable bonds is 3. The van der Waals surface area contributed by atoms with E-state index in [2.05, 4.69) is 21.0 Å². The van der Waals surface area contributed by atoms with Crippen LogP contribution in [-0.2, 0) is 0 Å². The topological polar surface area (TPSA) is 70.2 Å². The quantitative estimate of drug-likeness (QED) is 0.645. The average molecular weight is 298 g/mol. The van der Waals surface area contributed by atoms with Gasteiger partial charge >= 0.3 is 0 Å². The molecule has 0 amide bonds. The van der Waals surface area contributed by atoms with Crippen molar-refractivity contribution < 1.29 is 9.66 Å². The molecule has 0 radical (unpaired) electrons. The Morgan fingerprint density at radius 3 is 2.82 bits per heavy atom. The van der Waals surface area contributed by atoms with E-state index in [1.165, 1.54) is 17.9 Å². The Labute approximate surface area is 105 Å². The van der Waals surface area contributed by atoms with Crippen LogP contribution in [0.2, 0.25) is 0 Å². The molecular formula is C10H8BrN3O3. The van der Waals surface area contributed by atoms with E-state index < -0.39 is 4.92 Å². The molecule has 0 spiro atoms. The van der Waals surface area contributed by atoms with Crippen molar-refractivity contribution in [3.05, 3.63) is 45.2 Å². The van der Waals surface area contributed by atoms with Crippen LogP contribution >= 0.6 is 15.9 Å². The Balaban J connectivity index is 2.57. The molecule has 0 N–H and O–H groups in total. The van der Waals surface area contributed by atoms with Gasteiger partial charge in [0.15, 0.2) is 0 Å². The number of aromatic nitrogens is 2. The van der Waals surface area contributed by atoms with Crippen molar-refractivity contribution >= 4 is 21.6 Å². The molecule has 2 aromatic rings. The summed E-state index contributed by atoms with van der Waals surface area (Å²) in [5, 5.41) is 15.0. The molecule has 0 bridgehead atoms. The lowest BCUT2D eigenvalue weighted by Gasteiger charge is -2.04. The predicted molar refractivity (Wildman–Crippen MR) is 64.5 cm³/mol. The van der Waals surface area contributed by atoms with Crippen molar-refractivity contribution in [3.8, 4) is 11.4 Å². The normalized spacial score (nSPS) is 10.2. The lowest BCUT2D eigenvalue weighted by molar-refractivity contribution is -0.384. The molecular weight excluding hydrogens is 290 g/mol. The van der Waals surface area contributed by atoms with Crippen molar-refractivity contribution in [2.45, 2.75) is 0 Å². The van der Waals surface area contributed by atoms with Crippen molar-refractivity contribution in [1.82, 2.24) is 9.78 Å². The highest BCUT2D eigenvalue weighted by atomic mass is 79.9. The molecule has 1 aromatic heterocycles. The summed E-state index contributed by atoms with van der Waals surface area (Å²) < 4.78 is 7.14. The van der Waals surface area contributed by atoms with Gasteiger partial charge in [0.25, 0.3) is 5.69 Å². The van der Waals surface area contributed by atoms with Crippen LogP contribution in [0.25, 0.3) is 5.69 Å². The molecule has 0 fully saturated rings. The Kier molecular flexibility index (Phi) is 3.10. The van der Waals surface area contributed by atoms with Gasteiger partial charge in [-0.25, -0.2) is 4.68 Å². The number of benzene rings is 1. The molecule has 88 valence electrons. The predicted octanol–water partition coefficient (Wildman–Crippen LogP) is 2.55. The summed E-state index contributed by atoms with van der Waals surface area (Å²) in [6.07, 6.45) is 3.21. The second-order valence-corrected chi connectivity index (χ2v) is 4.13. The molecule has 2 rings (SSSR count). The summed E-state index contributed by atoms with van der Waals surface area (Å²) >= 11 is 3.24. The third kappa shape index (κ3) is 2.28. The number of hydrogen-bond acceptors (Lipinski definition) is 4.